The van der Waals surface area contributed by atoms with E-state index >= 15 is 0 Å². The smallest absolute Gasteiger partial charge is 0.315 e. The highest BCUT2D eigenvalue weighted by molar-refractivity contribution is 5.73. The van der Waals surface area contributed by atoms with Crippen LogP contribution in [0.25, 0.3) is 0 Å². The molecule has 1 saturated heterocycles. The quantitative estimate of drug-likeness (QED) is 0.870. The van der Waals surface area contributed by atoms with Crippen molar-refractivity contribution >= 4 is 6.03 Å². The van der Waals surface area contributed by atoms with Crippen molar-refractivity contribution in [1.82, 2.24) is 15.5 Å². The molecule has 0 spiro atoms. The maximum Gasteiger partial charge on any atom is 0.315 e. The molecule has 0 radical (unpaired) electrons. The highest BCUT2D eigenvalue weighted by Crippen LogP contribution is 2.14. The van der Waals surface area contributed by atoms with E-state index in [-0.39, 0.29) is 6.03 Å². The Labute approximate surface area is 126 Å². The normalized spacial score (nSPS) is 16.5. The van der Waals surface area contributed by atoms with Crippen molar-refractivity contribution in [2.24, 2.45) is 5.92 Å². The molecule has 0 saturated carbocycles. The highest BCUT2D eigenvalue weighted by Gasteiger charge is 2.16. The number of nitrogens with zero attached hydrogens (tertiary/aromatic N) is 1. The fourth-order valence-electron chi connectivity index (χ4n) is 2.49. The average molecular weight is 291 g/mol. The van der Waals surface area contributed by atoms with Gasteiger partial charge in [-0.3, -0.25) is 0 Å². The molecule has 116 valence electrons. The van der Waals surface area contributed by atoms with E-state index in [1.165, 1.54) is 0 Å². The second-order valence-electron chi connectivity index (χ2n) is 5.66. The first-order valence-electron chi connectivity index (χ1n) is 7.50. The van der Waals surface area contributed by atoms with Crippen LogP contribution in [-0.2, 0) is 6.54 Å². The van der Waals surface area contributed by atoms with Gasteiger partial charge in [0.25, 0.3) is 0 Å². The first-order chi connectivity index (χ1) is 10.2. The number of rotatable bonds is 5. The van der Waals surface area contributed by atoms with E-state index in [9.17, 15) is 4.79 Å². The Morgan fingerprint density at radius 1 is 1.24 bits per heavy atom. The molecule has 1 aromatic rings. The number of urea groups is 1. The lowest BCUT2D eigenvalue weighted by Gasteiger charge is -2.28. The van der Waals surface area contributed by atoms with Crippen molar-refractivity contribution in [1.29, 1.82) is 0 Å². The molecule has 0 aromatic heterocycles. The molecule has 21 heavy (non-hydrogen) atoms. The third kappa shape index (κ3) is 5.27. The predicted molar refractivity (Wildman–Crippen MR) is 83.5 cm³/mol. The predicted octanol–water partition coefficient (Wildman–Crippen LogP) is 1.84. The molecule has 5 nitrogen and oxygen atoms in total. The number of carbonyl (C=O) groups excluding carboxylic acids is 1. The monoisotopic (exact) mass is 291 g/mol. The first-order valence-corrected chi connectivity index (χ1v) is 7.50. The van der Waals surface area contributed by atoms with Crippen LogP contribution in [0.15, 0.2) is 24.3 Å². The Morgan fingerprint density at radius 3 is 2.52 bits per heavy atom. The molecule has 5 heteroatoms. The maximum atomic E-state index is 11.8. The van der Waals surface area contributed by atoms with Gasteiger partial charge in [0.1, 0.15) is 5.75 Å². The van der Waals surface area contributed by atoms with Crippen LogP contribution >= 0.6 is 0 Å². The van der Waals surface area contributed by atoms with Crippen molar-refractivity contribution in [3.05, 3.63) is 29.8 Å². The fraction of sp³-hybridized carbons (Fsp3) is 0.562. The second-order valence-corrected chi connectivity index (χ2v) is 5.66. The zero-order valence-electron chi connectivity index (χ0n) is 12.9. The Balaban J connectivity index is 1.65. The summed E-state index contributed by atoms with van der Waals surface area (Å²) < 4.78 is 5.10. The lowest BCUT2D eigenvalue weighted by atomic mass is 9.97. The van der Waals surface area contributed by atoms with Gasteiger partial charge in [-0.2, -0.15) is 0 Å². The molecule has 1 aliphatic heterocycles. The molecular weight excluding hydrogens is 266 g/mol. The molecule has 2 rings (SSSR count). The number of carbonyl (C=O) groups is 1. The number of nitrogens with one attached hydrogen (secondary N) is 2. The van der Waals surface area contributed by atoms with Gasteiger partial charge in [0, 0.05) is 13.1 Å². The average Bonchev–Trinajstić information content (AvgIpc) is 2.53. The molecule has 2 amide bonds. The summed E-state index contributed by atoms with van der Waals surface area (Å²) in [6.07, 6.45) is 2.32. The lowest BCUT2D eigenvalue weighted by molar-refractivity contribution is 0.210. The van der Waals surface area contributed by atoms with Crippen molar-refractivity contribution in [2.75, 3.05) is 33.8 Å². The zero-order chi connectivity index (χ0) is 15.1. The van der Waals surface area contributed by atoms with E-state index in [2.05, 4.69) is 22.6 Å². The van der Waals surface area contributed by atoms with Crippen LogP contribution in [0.1, 0.15) is 18.4 Å². The summed E-state index contributed by atoms with van der Waals surface area (Å²) >= 11 is 0. The van der Waals surface area contributed by atoms with Crippen LogP contribution in [0.5, 0.6) is 5.75 Å². The number of ether oxygens (including phenoxy) is 1. The van der Waals surface area contributed by atoms with Gasteiger partial charge in [0.15, 0.2) is 0 Å². The van der Waals surface area contributed by atoms with E-state index in [0.29, 0.717) is 12.5 Å². The molecule has 1 aliphatic rings. The summed E-state index contributed by atoms with van der Waals surface area (Å²) in [7, 11) is 3.79. The molecule has 2 N–H and O–H groups in total. The van der Waals surface area contributed by atoms with Crippen LogP contribution in [0.2, 0.25) is 0 Å². The van der Waals surface area contributed by atoms with Crippen molar-refractivity contribution in [2.45, 2.75) is 19.4 Å². The topological polar surface area (TPSA) is 53.6 Å². The van der Waals surface area contributed by atoms with Crippen molar-refractivity contribution < 1.29 is 9.53 Å². The van der Waals surface area contributed by atoms with E-state index in [0.717, 1.165) is 43.8 Å². The van der Waals surface area contributed by atoms with Gasteiger partial charge in [-0.1, -0.05) is 12.1 Å². The summed E-state index contributed by atoms with van der Waals surface area (Å²) in [6, 6.07) is 7.61. The van der Waals surface area contributed by atoms with Crippen molar-refractivity contribution in [3.63, 3.8) is 0 Å². The van der Waals surface area contributed by atoms with Gasteiger partial charge < -0.3 is 20.3 Å². The van der Waals surface area contributed by atoms with Crippen LogP contribution in [0.4, 0.5) is 4.79 Å². The molecule has 1 fully saturated rings. The Kier molecular flexibility index (Phi) is 5.87. The minimum absolute atomic E-state index is 0.0928. The van der Waals surface area contributed by atoms with Gasteiger partial charge >= 0.3 is 6.03 Å². The number of amides is 2. The standard InChI is InChI=1S/C16H25N3O2/c1-19-9-7-14(8-10-19)12-18-16(20)17-11-13-3-5-15(21-2)6-4-13/h3-6,14H,7-12H2,1-2H3,(H2,17,18,20). The molecule has 1 heterocycles. The second kappa shape index (κ2) is 7.88. The summed E-state index contributed by atoms with van der Waals surface area (Å²) in [5.41, 5.74) is 1.06. The van der Waals surface area contributed by atoms with Crippen LogP contribution in [0, 0.1) is 5.92 Å². The zero-order valence-corrected chi connectivity index (χ0v) is 12.9. The molecule has 0 unspecified atom stereocenters. The molecule has 0 bridgehead atoms. The number of likely N-dealkylation sites (tertiary alicyclic amines) is 1. The third-order valence-corrected chi connectivity index (χ3v) is 4.00. The number of methoxy groups -OCH3 is 1. The van der Waals surface area contributed by atoms with Crippen molar-refractivity contribution in [3.8, 4) is 5.75 Å². The number of piperidine rings is 1. The number of hydrogen-bond acceptors (Lipinski definition) is 3. The Morgan fingerprint density at radius 2 is 1.90 bits per heavy atom. The first kappa shape index (κ1) is 15.6. The molecule has 0 aliphatic carbocycles. The summed E-state index contributed by atoms with van der Waals surface area (Å²) in [4.78, 5) is 14.1. The van der Waals surface area contributed by atoms with Gasteiger partial charge in [-0.25, -0.2) is 4.79 Å². The van der Waals surface area contributed by atoms with Gasteiger partial charge in [-0.05, 0) is 56.6 Å². The van der Waals surface area contributed by atoms with Crippen LogP contribution < -0.4 is 15.4 Å². The number of hydrogen-bond donors (Lipinski definition) is 2. The SMILES string of the molecule is COc1ccc(CNC(=O)NCC2CCN(C)CC2)cc1. The van der Waals surface area contributed by atoms with E-state index < -0.39 is 0 Å². The summed E-state index contributed by atoms with van der Waals surface area (Å²) in [5.74, 6) is 1.43. The maximum absolute atomic E-state index is 11.8. The highest BCUT2D eigenvalue weighted by atomic mass is 16.5. The summed E-state index contributed by atoms with van der Waals surface area (Å²) in [6.45, 7) is 3.55. The fourth-order valence-corrected chi connectivity index (χ4v) is 2.49. The van der Waals surface area contributed by atoms with E-state index in [1.54, 1.807) is 7.11 Å². The van der Waals surface area contributed by atoms with Gasteiger partial charge in [0.2, 0.25) is 0 Å². The van der Waals surface area contributed by atoms with E-state index in [1.807, 2.05) is 24.3 Å². The van der Waals surface area contributed by atoms with Gasteiger partial charge in [-0.15, -0.1) is 0 Å². The minimum Gasteiger partial charge on any atom is -0.497 e. The minimum atomic E-state index is -0.0928. The Hall–Kier alpha value is -1.75. The largest absolute Gasteiger partial charge is 0.497 e. The summed E-state index contributed by atoms with van der Waals surface area (Å²) in [5, 5.41) is 5.85. The lowest BCUT2D eigenvalue weighted by Crippen LogP contribution is -2.40. The number of benzene rings is 1. The van der Waals surface area contributed by atoms with Crippen LogP contribution in [-0.4, -0.2) is 44.7 Å². The molecule has 0 atom stereocenters. The molecule has 1 aromatic carbocycles. The molecular formula is C16H25N3O2. The third-order valence-electron chi connectivity index (χ3n) is 4.00. The van der Waals surface area contributed by atoms with E-state index in [4.69, 9.17) is 4.74 Å². The van der Waals surface area contributed by atoms with Crippen LogP contribution in [0.3, 0.4) is 0 Å². The Bertz CT molecular complexity index is 439. The van der Waals surface area contributed by atoms with Gasteiger partial charge in [0.05, 0.1) is 7.11 Å².